The first kappa shape index (κ1) is 25.7. The summed E-state index contributed by atoms with van der Waals surface area (Å²) in [5, 5.41) is 5.59. The van der Waals surface area contributed by atoms with Crippen molar-refractivity contribution in [2.24, 2.45) is 0 Å². The normalized spacial score (nSPS) is 12.0. The average molecular weight is 591 g/mol. The number of nitrogens with zero attached hydrogens (tertiary/aromatic N) is 1. The molecule has 0 aliphatic rings. The van der Waals surface area contributed by atoms with Crippen LogP contribution in [0.1, 0.15) is 30.6 Å². The van der Waals surface area contributed by atoms with Crippen LogP contribution in [0.15, 0.2) is 83.8 Å². The van der Waals surface area contributed by atoms with Crippen molar-refractivity contribution in [3.63, 3.8) is 0 Å². The Morgan fingerprint density at radius 1 is 0.941 bits per heavy atom. The van der Waals surface area contributed by atoms with Crippen LogP contribution in [0.25, 0.3) is 0 Å². The van der Waals surface area contributed by atoms with Crippen LogP contribution in [0, 0.1) is 3.57 Å². The van der Waals surface area contributed by atoms with Gasteiger partial charge in [-0.05, 0) is 84.5 Å². The molecule has 178 valence electrons. The van der Waals surface area contributed by atoms with E-state index in [1.54, 1.807) is 66.7 Å². The van der Waals surface area contributed by atoms with Gasteiger partial charge in [0.1, 0.15) is 6.54 Å². The molecule has 2 amide bonds. The highest BCUT2D eigenvalue weighted by atomic mass is 127. The molecule has 0 unspecified atom stereocenters. The minimum atomic E-state index is -4.01. The number of hydrogen-bond donors (Lipinski definition) is 2. The lowest BCUT2D eigenvalue weighted by atomic mass is 10.1. The van der Waals surface area contributed by atoms with Crippen LogP contribution in [-0.2, 0) is 14.8 Å². The van der Waals surface area contributed by atoms with Gasteiger partial charge >= 0.3 is 0 Å². The third-order valence-corrected chi connectivity index (χ3v) is 7.68. The van der Waals surface area contributed by atoms with Crippen molar-refractivity contribution in [3.8, 4) is 0 Å². The second kappa shape index (κ2) is 11.5. The number of rotatable bonds is 9. The fourth-order valence-electron chi connectivity index (χ4n) is 3.16. The Morgan fingerprint density at radius 2 is 1.56 bits per heavy atom. The van der Waals surface area contributed by atoms with Gasteiger partial charge in [-0.15, -0.1) is 0 Å². The van der Waals surface area contributed by atoms with Gasteiger partial charge in [-0.2, -0.15) is 0 Å². The summed E-state index contributed by atoms with van der Waals surface area (Å²) in [4.78, 5) is 25.8. The van der Waals surface area contributed by atoms with Gasteiger partial charge < -0.3 is 10.6 Å². The molecule has 0 saturated carbocycles. The van der Waals surface area contributed by atoms with E-state index in [0.29, 0.717) is 16.9 Å². The van der Waals surface area contributed by atoms with E-state index in [0.717, 1.165) is 14.3 Å². The maximum Gasteiger partial charge on any atom is 0.264 e. The maximum atomic E-state index is 13.4. The second-order valence-electron chi connectivity index (χ2n) is 7.68. The van der Waals surface area contributed by atoms with Gasteiger partial charge in [0.25, 0.3) is 15.9 Å². The molecule has 1 atom stereocenters. The van der Waals surface area contributed by atoms with E-state index in [2.05, 4.69) is 33.2 Å². The molecule has 2 N–H and O–H groups in total. The predicted molar refractivity (Wildman–Crippen MR) is 142 cm³/mol. The lowest BCUT2D eigenvalue weighted by Crippen LogP contribution is -2.38. The van der Waals surface area contributed by atoms with Crippen LogP contribution < -0.4 is 14.9 Å². The summed E-state index contributed by atoms with van der Waals surface area (Å²) >= 11 is 2.13. The van der Waals surface area contributed by atoms with Gasteiger partial charge in [0.2, 0.25) is 5.91 Å². The Balaban J connectivity index is 1.89. The van der Waals surface area contributed by atoms with Crippen LogP contribution in [-0.4, -0.2) is 32.8 Å². The van der Waals surface area contributed by atoms with Gasteiger partial charge in [-0.1, -0.05) is 37.3 Å². The molecule has 0 heterocycles. The number of sulfonamides is 1. The summed E-state index contributed by atoms with van der Waals surface area (Å²) in [7, 11) is -4.01. The molecule has 0 saturated heterocycles. The summed E-state index contributed by atoms with van der Waals surface area (Å²) in [5.74, 6) is -0.876. The number of carbonyl (C=O) groups is 2. The number of amides is 2. The summed E-state index contributed by atoms with van der Waals surface area (Å²) in [6.45, 7) is 3.40. The number of nitrogens with one attached hydrogen (secondary N) is 2. The minimum absolute atomic E-state index is 0.0244. The van der Waals surface area contributed by atoms with Crippen molar-refractivity contribution in [3.05, 3.63) is 88.0 Å². The molecule has 0 radical (unpaired) electrons. The van der Waals surface area contributed by atoms with Gasteiger partial charge in [-0.25, -0.2) is 8.42 Å². The Hall–Kier alpha value is -2.92. The third-order valence-electron chi connectivity index (χ3n) is 5.17. The van der Waals surface area contributed by atoms with Crippen LogP contribution in [0.4, 0.5) is 11.4 Å². The lowest BCUT2D eigenvalue weighted by Gasteiger charge is -2.24. The monoisotopic (exact) mass is 591 g/mol. The van der Waals surface area contributed by atoms with E-state index in [1.807, 2.05) is 13.8 Å². The molecule has 3 aromatic rings. The van der Waals surface area contributed by atoms with Crippen molar-refractivity contribution >= 4 is 55.8 Å². The molecule has 0 bridgehead atoms. The van der Waals surface area contributed by atoms with Crippen molar-refractivity contribution in [1.82, 2.24) is 5.32 Å². The van der Waals surface area contributed by atoms with Gasteiger partial charge in [-0.3, -0.25) is 13.9 Å². The van der Waals surface area contributed by atoms with E-state index in [9.17, 15) is 18.0 Å². The highest BCUT2D eigenvalue weighted by Gasteiger charge is 2.27. The number of carbonyl (C=O) groups excluding carboxylic acids is 2. The number of hydrogen-bond acceptors (Lipinski definition) is 4. The fraction of sp³-hybridized carbons (Fsp3) is 0.200. The van der Waals surface area contributed by atoms with Crippen molar-refractivity contribution in [1.29, 1.82) is 0 Å². The molecule has 9 heteroatoms. The predicted octanol–water partition coefficient (Wildman–Crippen LogP) is 4.65. The number of benzene rings is 3. The third kappa shape index (κ3) is 6.35. The van der Waals surface area contributed by atoms with E-state index in [1.165, 1.54) is 12.1 Å². The minimum Gasteiger partial charge on any atom is -0.350 e. The largest absolute Gasteiger partial charge is 0.350 e. The van der Waals surface area contributed by atoms with Crippen molar-refractivity contribution < 1.29 is 18.0 Å². The highest BCUT2D eigenvalue weighted by Crippen LogP contribution is 2.25. The molecule has 0 fully saturated rings. The molecule has 0 aliphatic carbocycles. The molecular weight excluding hydrogens is 565 g/mol. The van der Waals surface area contributed by atoms with E-state index in [4.69, 9.17) is 0 Å². The Bertz CT molecular complexity index is 1250. The summed E-state index contributed by atoms with van der Waals surface area (Å²) in [5.41, 5.74) is 0.984. The van der Waals surface area contributed by atoms with Crippen LogP contribution in [0.3, 0.4) is 0 Å². The standard InChI is InChI=1S/C25H26IN3O4S/c1-3-18(2)27-25(31)22-11-7-8-12-23(22)28-24(30)17-29(20-15-13-19(26)14-16-20)34(32,33)21-9-5-4-6-10-21/h4-16,18H,3,17H2,1-2H3,(H,27,31)(H,28,30)/t18-/m1/s1. The zero-order valence-electron chi connectivity index (χ0n) is 18.9. The Kier molecular flexibility index (Phi) is 8.67. The molecule has 0 aliphatic heterocycles. The zero-order valence-corrected chi connectivity index (χ0v) is 21.8. The summed E-state index contributed by atoms with van der Waals surface area (Å²) in [6, 6.07) is 21.4. The highest BCUT2D eigenvalue weighted by molar-refractivity contribution is 14.1. The van der Waals surface area contributed by atoms with Gasteiger partial charge in [0.05, 0.1) is 21.8 Å². The Labute approximate surface area is 213 Å². The Morgan fingerprint density at radius 3 is 2.21 bits per heavy atom. The van der Waals surface area contributed by atoms with Gasteiger partial charge in [0, 0.05) is 9.61 Å². The average Bonchev–Trinajstić information content (AvgIpc) is 2.84. The van der Waals surface area contributed by atoms with E-state index < -0.39 is 22.5 Å². The van der Waals surface area contributed by atoms with Crippen molar-refractivity contribution in [2.75, 3.05) is 16.2 Å². The molecule has 0 spiro atoms. The number of halogens is 1. The van der Waals surface area contributed by atoms with Crippen LogP contribution in [0.2, 0.25) is 0 Å². The zero-order chi connectivity index (χ0) is 24.7. The fourth-order valence-corrected chi connectivity index (χ4v) is 4.96. The number of anilines is 2. The van der Waals surface area contributed by atoms with E-state index >= 15 is 0 Å². The summed E-state index contributed by atoms with van der Waals surface area (Å²) < 4.78 is 28.8. The summed E-state index contributed by atoms with van der Waals surface area (Å²) in [6.07, 6.45) is 0.766. The van der Waals surface area contributed by atoms with Gasteiger partial charge in [0.15, 0.2) is 0 Å². The van der Waals surface area contributed by atoms with Crippen LogP contribution in [0.5, 0.6) is 0 Å². The molecule has 3 rings (SSSR count). The van der Waals surface area contributed by atoms with E-state index in [-0.39, 0.29) is 16.8 Å². The molecular formula is C25H26IN3O4S. The van der Waals surface area contributed by atoms with Crippen molar-refractivity contribution in [2.45, 2.75) is 31.2 Å². The quantitative estimate of drug-likeness (QED) is 0.354. The van der Waals surface area contributed by atoms with Crippen LogP contribution >= 0.6 is 22.6 Å². The first-order valence-electron chi connectivity index (χ1n) is 10.8. The molecule has 34 heavy (non-hydrogen) atoms. The second-order valence-corrected chi connectivity index (χ2v) is 10.8. The first-order valence-corrected chi connectivity index (χ1v) is 13.3. The SMILES string of the molecule is CC[C@@H](C)NC(=O)c1ccccc1NC(=O)CN(c1ccc(I)cc1)S(=O)(=O)c1ccccc1. The molecule has 0 aromatic heterocycles. The first-order chi connectivity index (χ1) is 16.2. The smallest absolute Gasteiger partial charge is 0.264 e. The maximum absolute atomic E-state index is 13.4. The lowest BCUT2D eigenvalue weighted by molar-refractivity contribution is -0.114. The molecule has 3 aromatic carbocycles. The molecule has 7 nitrogen and oxygen atoms in total. The topological polar surface area (TPSA) is 95.6 Å². The number of para-hydroxylation sites is 1.